The van der Waals surface area contributed by atoms with Gasteiger partial charge >= 0.3 is 6.03 Å². The molecule has 0 fully saturated rings. The fourth-order valence-corrected chi connectivity index (χ4v) is 4.32. The molecule has 0 aliphatic rings. The molecule has 3 aromatic heterocycles. The van der Waals surface area contributed by atoms with Crippen LogP contribution in [0.3, 0.4) is 0 Å². The van der Waals surface area contributed by atoms with Crippen LogP contribution in [0, 0.1) is 6.92 Å². The Morgan fingerprint density at radius 2 is 2.08 bits per heavy atom. The predicted octanol–water partition coefficient (Wildman–Crippen LogP) is 2.73. The maximum atomic E-state index is 12.8. The van der Waals surface area contributed by atoms with Gasteiger partial charge in [-0.2, -0.15) is 0 Å². The highest BCUT2D eigenvalue weighted by molar-refractivity contribution is 7.19. The molecule has 0 aromatic carbocycles. The summed E-state index contributed by atoms with van der Waals surface area (Å²) in [6.45, 7) is 5.31. The second-order valence-electron chi connectivity index (χ2n) is 6.09. The molecule has 3 aromatic rings. The minimum absolute atomic E-state index is 0.0915. The highest BCUT2D eigenvalue weighted by Crippen LogP contribution is 2.34. The second kappa shape index (κ2) is 7.38. The first kappa shape index (κ1) is 18.3. The first-order valence-electron chi connectivity index (χ1n) is 7.99. The van der Waals surface area contributed by atoms with Crippen molar-refractivity contribution in [2.24, 2.45) is 0 Å². The van der Waals surface area contributed by atoms with Crippen molar-refractivity contribution in [3.05, 3.63) is 39.1 Å². The van der Waals surface area contributed by atoms with E-state index >= 15 is 0 Å². The lowest BCUT2D eigenvalue weighted by Gasteiger charge is -2.10. The average Bonchev–Trinajstić information content (AvgIpc) is 3.15. The van der Waals surface area contributed by atoms with Gasteiger partial charge in [0.1, 0.15) is 11.4 Å². The Bertz CT molecular complexity index is 1030. The van der Waals surface area contributed by atoms with Gasteiger partial charge in [0.2, 0.25) is 5.91 Å². The van der Waals surface area contributed by atoms with Gasteiger partial charge in [-0.3, -0.25) is 19.5 Å². The molecule has 26 heavy (non-hydrogen) atoms. The molecule has 0 unspecified atom stereocenters. The summed E-state index contributed by atoms with van der Waals surface area (Å²) in [7, 11) is 0. The van der Waals surface area contributed by atoms with E-state index in [-0.39, 0.29) is 18.1 Å². The number of carbonyl (C=O) groups is 2. The molecule has 0 aliphatic heterocycles. The van der Waals surface area contributed by atoms with E-state index in [1.165, 1.54) is 22.2 Å². The molecule has 136 valence electrons. The Morgan fingerprint density at radius 3 is 2.73 bits per heavy atom. The quantitative estimate of drug-likeness (QED) is 0.716. The van der Waals surface area contributed by atoms with Gasteiger partial charge in [-0.15, -0.1) is 22.7 Å². The fourth-order valence-electron chi connectivity index (χ4n) is 2.46. The number of rotatable bonds is 4. The van der Waals surface area contributed by atoms with Gasteiger partial charge in [0.05, 0.1) is 11.7 Å². The van der Waals surface area contributed by atoms with Gasteiger partial charge in [-0.05, 0) is 32.9 Å². The Kier molecular flexibility index (Phi) is 5.19. The van der Waals surface area contributed by atoms with E-state index in [0.29, 0.717) is 10.2 Å². The predicted molar refractivity (Wildman–Crippen MR) is 104 cm³/mol. The van der Waals surface area contributed by atoms with Gasteiger partial charge < -0.3 is 5.32 Å². The van der Waals surface area contributed by atoms with Crippen LogP contribution in [0.25, 0.3) is 20.7 Å². The van der Waals surface area contributed by atoms with E-state index in [0.717, 1.165) is 15.3 Å². The number of urea groups is 1. The summed E-state index contributed by atoms with van der Waals surface area (Å²) < 4.78 is 1.22. The molecule has 0 atom stereocenters. The number of nitrogens with zero attached hydrogens (tertiary/aromatic N) is 2. The Balaban J connectivity index is 1.88. The van der Waals surface area contributed by atoms with Gasteiger partial charge in [-0.1, -0.05) is 0 Å². The number of nitrogens with one attached hydrogen (secondary N) is 2. The van der Waals surface area contributed by atoms with Crippen LogP contribution in [0.1, 0.15) is 18.7 Å². The number of aromatic nitrogens is 2. The summed E-state index contributed by atoms with van der Waals surface area (Å²) >= 11 is 3.00. The number of amides is 3. The molecule has 3 rings (SSSR count). The monoisotopic (exact) mass is 390 g/mol. The third kappa shape index (κ3) is 3.83. The Hall–Kier alpha value is -2.52. The van der Waals surface area contributed by atoms with Gasteiger partial charge in [0.15, 0.2) is 0 Å². The van der Waals surface area contributed by atoms with Crippen molar-refractivity contribution in [3.63, 3.8) is 0 Å². The van der Waals surface area contributed by atoms with Crippen LogP contribution in [-0.4, -0.2) is 27.5 Å². The van der Waals surface area contributed by atoms with E-state index in [4.69, 9.17) is 0 Å². The van der Waals surface area contributed by atoms with Crippen molar-refractivity contribution in [1.82, 2.24) is 20.2 Å². The summed E-state index contributed by atoms with van der Waals surface area (Å²) in [6, 6.07) is 3.30. The number of hydrogen-bond acceptors (Lipinski definition) is 6. The summed E-state index contributed by atoms with van der Waals surface area (Å²) in [4.78, 5) is 43.5. The molecule has 3 heterocycles. The molecular formula is C17H18N4O3S2. The van der Waals surface area contributed by atoms with Crippen LogP contribution in [0.5, 0.6) is 0 Å². The van der Waals surface area contributed by atoms with E-state index in [2.05, 4.69) is 15.6 Å². The van der Waals surface area contributed by atoms with Crippen molar-refractivity contribution in [2.75, 3.05) is 0 Å². The highest BCUT2D eigenvalue weighted by Gasteiger charge is 2.16. The van der Waals surface area contributed by atoms with Crippen molar-refractivity contribution >= 4 is 44.8 Å². The molecule has 0 saturated carbocycles. The zero-order valence-corrected chi connectivity index (χ0v) is 16.2. The number of aryl methyl sites for hydroxylation is 1. The zero-order chi connectivity index (χ0) is 18.8. The average molecular weight is 390 g/mol. The van der Waals surface area contributed by atoms with E-state index in [1.807, 2.05) is 24.4 Å². The van der Waals surface area contributed by atoms with Gasteiger partial charge in [-0.25, -0.2) is 9.78 Å². The molecule has 0 bridgehead atoms. The van der Waals surface area contributed by atoms with E-state index < -0.39 is 11.9 Å². The third-order valence-electron chi connectivity index (χ3n) is 3.55. The molecule has 0 aliphatic carbocycles. The van der Waals surface area contributed by atoms with Crippen LogP contribution < -0.4 is 16.2 Å². The van der Waals surface area contributed by atoms with Gasteiger partial charge in [0.25, 0.3) is 5.56 Å². The second-order valence-corrected chi connectivity index (χ2v) is 8.24. The maximum absolute atomic E-state index is 12.8. The summed E-state index contributed by atoms with van der Waals surface area (Å²) in [5.41, 5.74) is 0.532. The number of thiophene rings is 2. The first-order chi connectivity index (χ1) is 12.3. The van der Waals surface area contributed by atoms with Crippen LogP contribution in [0.4, 0.5) is 4.79 Å². The molecule has 7 nitrogen and oxygen atoms in total. The van der Waals surface area contributed by atoms with Crippen LogP contribution in [0.2, 0.25) is 0 Å². The van der Waals surface area contributed by atoms with Crippen molar-refractivity contribution in [1.29, 1.82) is 0 Å². The molecule has 9 heteroatoms. The summed E-state index contributed by atoms with van der Waals surface area (Å²) in [5, 5.41) is 7.17. The molecule has 0 spiro atoms. The zero-order valence-electron chi connectivity index (χ0n) is 14.5. The van der Waals surface area contributed by atoms with Crippen molar-refractivity contribution < 1.29 is 9.59 Å². The lowest BCUT2D eigenvalue weighted by Crippen LogP contribution is -2.44. The Morgan fingerprint density at radius 1 is 1.31 bits per heavy atom. The number of fused-ring (bicyclic) bond motifs is 1. The number of hydrogen-bond donors (Lipinski definition) is 2. The minimum Gasteiger partial charge on any atom is -0.336 e. The van der Waals surface area contributed by atoms with Crippen LogP contribution in [-0.2, 0) is 11.3 Å². The smallest absolute Gasteiger partial charge is 0.321 e. The molecular weight excluding hydrogens is 372 g/mol. The van der Waals surface area contributed by atoms with Gasteiger partial charge in [0, 0.05) is 26.7 Å². The molecule has 3 amide bonds. The highest BCUT2D eigenvalue weighted by atomic mass is 32.1. The normalized spacial score (nSPS) is 11.1. The Labute approximate surface area is 157 Å². The molecule has 0 radical (unpaired) electrons. The maximum Gasteiger partial charge on any atom is 0.321 e. The van der Waals surface area contributed by atoms with E-state index in [9.17, 15) is 14.4 Å². The summed E-state index contributed by atoms with van der Waals surface area (Å²) in [6.07, 6.45) is 1.34. The topological polar surface area (TPSA) is 93.1 Å². The lowest BCUT2D eigenvalue weighted by molar-refractivity contribution is -0.120. The van der Waals surface area contributed by atoms with Crippen LogP contribution >= 0.6 is 22.7 Å². The number of carbonyl (C=O) groups excluding carboxylic acids is 2. The fraction of sp³-hybridized carbons (Fsp3) is 0.294. The van der Waals surface area contributed by atoms with Crippen LogP contribution in [0.15, 0.2) is 28.6 Å². The standard InChI is InChI=1S/C17H18N4O3S2/c1-9(2)19-17(24)20-13(22)6-21-8-18-15-14(16(21)23)11(7-25-15)12-5-4-10(3)26-12/h4-5,7-9H,6H2,1-3H3,(H2,19,20,22,24). The van der Waals surface area contributed by atoms with Crippen molar-refractivity contribution in [2.45, 2.75) is 33.4 Å². The summed E-state index contributed by atoms with van der Waals surface area (Å²) in [5.74, 6) is -0.574. The van der Waals surface area contributed by atoms with Crippen molar-refractivity contribution in [3.8, 4) is 10.4 Å². The SMILES string of the molecule is Cc1ccc(-c2csc3ncn(CC(=O)NC(=O)NC(C)C)c(=O)c23)s1. The molecule has 2 N–H and O–H groups in total. The lowest BCUT2D eigenvalue weighted by atomic mass is 10.2. The third-order valence-corrected chi connectivity index (χ3v) is 5.47. The largest absolute Gasteiger partial charge is 0.336 e. The minimum atomic E-state index is -0.586. The van der Waals surface area contributed by atoms with E-state index in [1.54, 1.807) is 25.2 Å². The first-order valence-corrected chi connectivity index (χ1v) is 9.68. The number of imide groups is 1. The molecule has 0 saturated heterocycles.